The van der Waals surface area contributed by atoms with Crippen LogP contribution < -0.4 is 0 Å². The maximum absolute atomic E-state index is 3.68. The van der Waals surface area contributed by atoms with Gasteiger partial charge in [-0.2, -0.15) is 0 Å². The Morgan fingerprint density at radius 3 is 2.64 bits per heavy atom. The zero-order chi connectivity index (χ0) is 7.94. The summed E-state index contributed by atoms with van der Waals surface area (Å²) in [7, 11) is 0. The molecule has 0 saturated carbocycles. The summed E-state index contributed by atoms with van der Waals surface area (Å²) < 4.78 is 0. The normalized spacial score (nSPS) is 9.45. The first kappa shape index (κ1) is 8.41. The van der Waals surface area contributed by atoms with Crippen molar-refractivity contribution in [2.45, 2.75) is 11.3 Å². The number of rotatable bonds is 4. The van der Waals surface area contributed by atoms with Crippen molar-refractivity contribution in [3.8, 4) is 0 Å². The molecule has 0 radical (unpaired) electrons. The number of benzene rings is 1. The Morgan fingerprint density at radius 1 is 1.27 bits per heavy atom. The molecular formula is C10H12S. The van der Waals surface area contributed by atoms with Crippen LogP contribution in [0.1, 0.15) is 6.42 Å². The minimum absolute atomic E-state index is 1.08. The molecule has 0 nitrogen and oxygen atoms in total. The molecule has 0 N–H and O–H groups in total. The van der Waals surface area contributed by atoms with Crippen molar-refractivity contribution in [2.75, 3.05) is 5.75 Å². The van der Waals surface area contributed by atoms with Gasteiger partial charge in [-0.15, -0.1) is 18.3 Å². The summed E-state index contributed by atoms with van der Waals surface area (Å²) in [5.74, 6) is 1.13. The summed E-state index contributed by atoms with van der Waals surface area (Å²) in [6.07, 6.45) is 3.04. The molecule has 0 amide bonds. The molecule has 11 heavy (non-hydrogen) atoms. The van der Waals surface area contributed by atoms with Crippen LogP contribution in [0.5, 0.6) is 0 Å². The lowest BCUT2D eigenvalue weighted by atomic mass is 10.4. The highest BCUT2D eigenvalue weighted by Gasteiger charge is 1.88. The van der Waals surface area contributed by atoms with E-state index in [1.54, 1.807) is 0 Å². The highest BCUT2D eigenvalue weighted by atomic mass is 32.2. The van der Waals surface area contributed by atoms with Gasteiger partial charge in [0, 0.05) is 10.6 Å². The van der Waals surface area contributed by atoms with Gasteiger partial charge in [-0.1, -0.05) is 24.3 Å². The average Bonchev–Trinajstić information content (AvgIpc) is 2.07. The van der Waals surface area contributed by atoms with Crippen molar-refractivity contribution in [1.82, 2.24) is 0 Å². The van der Waals surface area contributed by atoms with Gasteiger partial charge in [0.1, 0.15) is 0 Å². The predicted octanol–water partition coefficient (Wildman–Crippen LogP) is 3.35. The van der Waals surface area contributed by atoms with Gasteiger partial charge in [0.15, 0.2) is 0 Å². The fraction of sp³-hybridized carbons (Fsp3) is 0.200. The highest BCUT2D eigenvalue weighted by Crippen LogP contribution is 2.17. The minimum atomic E-state index is 1.08. The van der Waals surface area contributed by atoms with E-state index >= 15 is 0 Å². The zero-order valence-corrected chi connectivity index (χ0v) is 7.31. The molecule has 0 aliphatic rings. The summed E-state index contributed by atoms with van der Waals surface area (Å²) in [5.41, 5.74) is 0. The second kappa shape index (κ2) is 5.03. The van der Waals surface area contributed by atoms with Gasteiger partial charge in [0.2, 0.25) is 0 Å². The van der Waals surface area contributed by atoms with E-state index in [1.807, 2.05) is 23.9 Å². The zero-order valence-electron chi connectivity index (χ0n) is 6.49. The minimum Gasteiger partial charge on any atom is -0.126 e. The molecule has 1 rings (SSSR count). The largest absolute Gasteiger partial charge is 0.126 e. The lowest BCUT2D eigenvalue weighted by molar-refractivity contribution is 1.24. The second-order valence-electron chi connectivity index (χ2n) is 2.24. The van der Waals surface area contributed by atoms with E-state index in [0.29, 0.717) is 0 Å². The average molecular weight is 164 g/mol. The van der Waals surface area contributed by atoms with Crippen LogP contribution in [0, 0.1) is 0 Å². The van der Waals surface area contributed by atoms with Crippen molar-refractivity contribution in [3.63, 3.8) is 0 Å². The van der Waals surface area contributed by atoms with Crippen molar-refractivity contribution in [3.05, 3.63) is 43.0 Å². The maximum Gasteiger partial charge on any atom is 0.00720 e. The first-order valence-electron chi connectivity index (χ1n) is 3.72. The molecule has 0 unspecified atom stereocenters. The SMILES string of the molecule is C=CCCSc1ccccc1. The Balaban J connectivity index is 2.33. The molecule has 1 heteroatoms. The van der Waals surface area contributed by atoms with Crippen molar-refractivity contribution < 1.29 is 0 Å². The number of thioether (sulfide) groups is 1. The van der Waals surface area contributed by atoms with Crippen molar-refractivity contribution >= 4 is 11.8 Å². The molecule has 0 aliphatic carbocycles. The van der Waals surface area contributed by atoms with E-state index in [4.69, 9.17) is 0 Å². The Bertz CT molecular complexity index is 203. The van der Waals surface area contributed by atoms with Gasteiger partial charge in [0.25, 0.3) is 0 Å². The maximum atomic E-state index is 3.68. The monoisotopic (exact) mass is 164 g/mol. The van der Waals surface area contributed by atoms with Crippen LogP contribution in [0.4, 0.5) is 0 Å². The molecule has 0 spiro atoms. The van der Waals surface area contributed by atoms with Gasteiger partial charge in [0.05, 0.1) is 0 Å². The molecule has 0 aliphatic heterocycles. The molecular weight excluding hydrogens is 152 g/mol. The van der Waals surface area contributed by atoms with E-state index in [-0.39, 0.29) is 0 Å². The highest BCUT2D eigenvalue weighted by molar-refractivity contribution is 7.99. The first-order chi connectivity index (χ1) is 5.43. The topological polar surface area (TPSA) is 0 Å². The molecule has 58 valence electrons. The third kappa shape index (κ3) is 3.28. The quantitative estimate of drug-likeness (QED) is 0.373. The van der Waals surface area contributed by atoms with Crippen LogP contribution >= 0.6 is 11.8 Å². The summed E-state index contributed by atoms with van der Waals surface area (Å²) in [6.45, 7) is 3.68. The van der Waals surface area contributed by atoms with E-state index in [1.165, 1.54) is 4.90 Å². The molecule has 0 bridgehead atoms. The number of hydrogen-bond donors (Lipinski definition) is 0. The molecule has 0 aromatic heterocycles. The van der Waals surface area contributed by atoms with Crippen LogP contribution in [0.2, 0.25) is 0 Å². The van der Waals surface area contributed by atoms with Crippen LogP contribution in [-0.2, 0) is 0 Å². The molecule has 0 atom stereocenters. The van der Waals surface area contributed by atoms with Gasteiger partial charge in [-0.25, -0.2) is 0 Å². The molecule has 0 heterocycles. The third-order valence-corrected chi connectivity index (χ3v) is 2.38. The Labute approximate surface area is 72.3 Å². The van der Waals surface area contributed by atoms with Crippen LogP contribution in [0.25, 0.3) is 0 Å². The van der Waals surface area contributed by atoms with Crippen LogP contribution in [0.15, 0.2) is 47.9 Å². The third-order valence-electron chi connectivity index (χ3n) is 1.33. The van der Waals surface area contributed by atoms with Crippen LogP contribution in [0.3, 0.4) is 0 Å². The molecule has 1 aromatic rings. The second-order valence-corrected chi connectivity index (χ2v) is 3.41. The molecule has 0 fully saturated rings. The standard InChI is InChI=1S/C10H12S/c1-2-3-9-11-10-7-5-4-6-8-10/h2,4-8H,1,3,9H2. The first-order valence-corrected chi connectivity index (χ1v) is 4.71. The summed E-state index contributed by atoms with van der Waals surface area (Å²) in [4.78, 5) is 1.34. The lowest BCUT2D eigenvalue weighted by Crippen LogP contribution is -1.74. The summed E-state index contributed by atoms with van der Waals surface area (Å²) >= 11 is 1.87. The Morgan fingerprint density at radius 2 is 2.00 bits per heavy atom. The lowest BCUT2D eigenvalue weighted by Gasteiger charge is -1.96. The van der Waals surface area contributed by atoms with Crippen molar-refractivity contribution in [2.24, 2.45) is 0 Å². The predicted molar refractivity (Wildman–Crippen MR) is 52.0 cm³/mol. The van der Waals surface area contributed by atoms with E-state index in [2.05, 4.69) is 30.8 Å². The van der Waals surface area contributed by atoms with Crippen LogP contribution in [-0.4, -0.2) is 5.75 Å². The fourth-order valence-electron chi connectivity index (χ4n) is 0.777. The van der Waals surface area contributed by atoms with Gasteiger partial charge in [-0.3, -0.25) is 0 Å². The smallest absolute Gasteiger partial charge is 0.00720 e. The van der Waals surface area contributed by atoms with Gasteiger partial charge < -0.3 is 0 Å². The van der Waals surface area contributed by atoms with Crippen molar-refractivity contribution in [1.29, 1.82) is 0 Å². The van der Waals surface area contributed by atoms with E-state index < -0.39 is 0 Å². The fourth-order valence-corrected chi connectivity index (χ4v) is 1.65. The molecule has 0 saturated heterocycles. The van der Waals surface area contributed by atoms with Gasteiger partial charge >= 0.3 is 0 Å². The van der Waals surface area contributed by atoms with Gasteiger partial charge in [-0.05, 0) is 18.6 Å². The number of hydrogen-bond acceptors (Lipinski definition) is 1. The number of allylic oxidation sites excluding steroid dienone is 1. The van der Waals surface area contributed by atoms with E-state index in [0.717, 1.165) is 12.2 Å². The summed E-state index contributed by atoms with van der Waals surface area (Å²) in [5, 5.41) is 0. The van der Waals surface area contributed by atoms with E-state index in [9.17, 15) is 0 Å². The molecule has 1 aromatic carbocycles. The Hall–Kier alpha value is -0.690. The summed E-state index contributed by atoms with van der Waals surface area (Å²) in [6, 6.07) is 10.4. The Kier molecular flexibility index (Phi) is 3.84.